The number of allylic oxidation sites excluding steroid dienone is 1. The standard InChI is InChI=1S/C10H13N/c1-8-7-9-5-3-4-6-10(9)11(8)2/h3,5,7H,4,6H2,1-2H3. The van der Waals surface area contributed by atoms with Crippen LogP contribution < -0.4 is 0 Å². The van der Waals surface area contributed by atoms with Crippen molar-refractivity contribution in [2.24, 2.45) is 7.05 Å². The molecule has 1 aliphatic rings. The van der Waals surface area contributed by atoms with Crippen LogP contribution in [0.1, 0.15) is 23.4 Å². The number of aromatic nitrogens is 1. The van der Waals surface area contributed by atoms with Gasteiger partial charge in [0.05, 0.1) is 0 Å². The first kappa shape index (κ1) is 6.71. The van der Waals surface area contributed by atoms with Crippen LogP contribution in [-0.4, -0.2) is 4.57 Å². The van der Waals surface area contributed by atoms with Crippen LogP contribution in [0.2, 0.25) is 0 Å². The molecule has 58 valence electrons. The van der Waals surface area contributed by atoms with Crippen LogP contribution in [0.3, 0.4) is 0 Å². The summed E-state index contributed by atoms with van der Waals surface area (Å²) in [7, 11) is 2.15. The van der Waals surface area contributed by atoms with E-state index in [1.807, 2.05) is 0 Å². The van der Waals surface area contributed by atoms with E-state index < -0.39 is 0 Å². The molecule has 0 radical (unpaired) electrons. The second-order valence-electron chi connectivity index (χ2n) is 3.19. The zero-order valence-electron chi connectivity index (χ0n) is 7.09. The van der Waals surface area contributed by atoms with Gasteiger partial charge in [0.15, 0.2) is 0 Å². The summed E-state index contributed by atoms with van der Waals surface area (Å²) < 4.78 is 2.29. The molecule has 0 saturated heterocycles. The van der Waals surface area contributed by atoms with Crippen molar-refractivity contribution in [2.45, 2.75) is 19.8 Å². The fraction of sp³-hybridized carbons (Fsp3) is 0.400. The van der Waals surface area contributed by atoms with Crippen LogP contribution >= 0.6 is 0 Å². The van der Waals surface area contributed by atoms with Crippen molar-refractivity contribution < 1.29 is 0 Å². The lowest BCUT2D eigenvalue weighted by atomic mass is 10.1. The third kappa shape index (κ3) is 0.917. The first-order valence-corrected chi connectivity index (χ1v) is 4.11. The molecule has 11 heavy (non-hydrogen) atoms. The van der Waals surface area contributed by atoms with Gasteiger partial charge in [0, 0.05) is 18.4 Å². The molecule has 0 unspecified atom stereocenters. The molecule has 1 aromatic heterocycles. The van der Waals surface area contributed by atoms with Crippen molar-refractivity contribution in [3.05, 3.63) is 29.1 Å². The van der Waals surface area contributed by atoms with Gasteiger partial charge in [0.1, 0.15) is 0 Å². The maximum absolute atomic E-state index is 2.29. The van der Waals surface area contributed by atoms with E-state index >= 15 is 0 Å². The van der Waals surface area contributed by atoms with Gasteiger partial charge in [-0.1, -0.05) is 12.2 Å². The molecule has 0 N–H and O–H groups in total. The molecule has 0 amide bonds. The maximum Gasteiger partial charge on any atom is 0.0249 e. The molecule has 0 aromatic carbocycles. The fourth-order valence-corrected chi connectivity index (χ4v) is 1.70. The quantitative estimate of drug-likeness (QED) is 0.530. The van der Waals surface area contributed by atoms with Crippen LogP contribution in [0.15, 0.2) is 12.1 Å². The summed E-state index contributed by atoms with van der Waals surface area (Å²) in [4.78, 5) is 0. The average Bonchev–Trinajstić information content (AvgIpc) is 2.30. The Kier molecular flexibility index (Phi) is 1.38. The highest BCUT2D eigenvalue weighted by atomic mass is 15.0. The van der Waals surface area contributed by atoms with Gasteiger partial charge in [-0.3, -0.25) is 0 Å². The lowest BCUT2D eigenvalue weighted by molar-refractivity contribution is 0.781. The molecular formula is C10H13N. The fourth-order valence-electron chi connectivity index (χ4n) is 1.70. The van der Waals surface area contributed by atoms with Crippen LogP contribution in [0.5, 0.6) is 0 Å². The number of rotatable bonds is 0. The Hall–Kier alpha value is -0.980. The van der Waals surface area contributed by atoms with Gasteiger partial charge in [0.25, 0.3) is 0 Å². The zero-order valence-corrected chi connectivity index (χ0v) is 7.09. The summed E-state index contributed by atoms with van der Waals surface area (Å²) in [6.07, 6.45) is 6.88. The van der Waals surface area contributed by atoms with Gasteiger partial charge in [-0.25, -0.2) is 0 Å². The summed E-state index contributed by atoms with van der Waals surface area (Å²) in [6, 6.07) is 2.25. The average molecular weight is 147 g/mol. The van der Waals surface area contributed by atoms with Gasteiger partial charge in [-0.05, 0) is 31.4 Å². The Balaban J connectivity index is 2.61. The normalized spacial score (nSPS) is 15.1. The molecule has 2 rings (SSSR count). The van der Waals surface area contributed by atoms with E-state index in [0.717, 1.165) is 0 Å². The summed E-state index contributed by atoms with van der Waals surface area (Å²) in [5.41, 5.74) is 4.27. The molecule has 0 atom stereocenters. The molecule has 0 spiro atoms. The summed E-state index contributed by atoms with van der Waals surface area (Å²) in [5, 5.41) is 0. The highest BCUT2D eigenvalue weighted by molar-refractivity contribution is 5.56. The number of hydrogen-bond donors (Lipinski definition) is 0. The second-order valence-corrected chi connectivity index (χ2v) is 3.19. The van der Waals surface area contributed by atoms with Crippen molar-refractivity contribution in [3.8, 4) is 0 Å². The van der Waals surface area contributed by atoms with E-state index in [9.17, 15) is 0 Å². The van der Waals surface area contributed by atoms with Crippen molar-refractivity contribution in [1.82, 2.24) is 4.57 Å². The van der Waals surface area contributed by atoms with Gasteiger partial charge < -0.3 is 4.57 Å². The Bertz CT molecular complexity index is 305. The smallest absolute Gasteiger partial charge is 0.0249 e. The minimum atomic E-state index is 1.20. The molecular weight excluding hydrogens is 134 g/mol. The van der Waals surface area contributed by atoms with Crippen LogP contribution in [0, 0.1) is 6.92 Å². The van der Waals surface area contributed by atoms with E-state index in [-0.39, 0.29) is 0 Å². The van der Waals surface area contributed by atoms with Crippen LogP contribution in [-0.2, 0) is 13.5 Å². The minimum Gasteiger partial charge on any atom is -0.351 e. The van der Waals surface area contributed by atoms with E-state index in [0.29, 0.717) is 0 Å². The van der Waals surface area contributed by atoms with E-state index in [4.69, 9.17) is 0 Å². The zero-order chi connectivity index (χ0) is 7.84. The maximum atomic E-state index is 2.29. The predicted octanol–water partition coefficient (Wildman–Crippen LogP) is 2.29. The highest BCUT2D eigenvalue weighted by Gasteiger charge is 2.09. The van der Waals surface area contributed by atoms with Crippen molar-refractivity contribution >= 4 is 6.08 Å². The molecule has 1 aliphatic carbocycles. The molecule has 0 saturated carbocycles. The van der Waals surface area contributed by atoms with Gasteiger partial charge in [-0.15, -0.1) is 0 Å². The molecule has 0 fully saturated rings. The topological polar surface area (TPSA) is 4.93 Å². The number of nitrogens with zero attached hydrogens (tertiary/aromatic N) is 1. The van der Waals surface area contributed by atoms with E-state index in [1.165, 1.54) is 29.8 Å². The summed E-state index contributed by atoms with van der Waals surface area (Å²) >= 11 is 0. The van der Waals surface area contributed by atoms with Gasteiger partial charge >= 0.3 is 0 Å². The minimum absolute atomic E-state index is 1.20. The van der Waals surface area contributed by atoms with Gasteiger partial charge in [0.2, 0.25) is 0 Å². The lowest BCUT2D eigenvalue weighted by Gasteiger charge is -2.08. The largest absolute Gasteiger partial charge is 0.351 e. The van der Waals surface area contributed by atoms with Crippen molar-refractivity contribution in [1.29, 1.82) is 0 Å². The van der Waals surface area contributed by atoms with Crippen molar-refractivity contribution in [2.75, 3.05) is 0 Å². The van der Waals surface area contributed by atoms with Gasteiger partial charge in [-0.2, -0.15) is 0 Å². The second kappa shape index (κ2) is 2.26. The Labute approximate surface area is 67.3 Å². The van der Waals surface area contributed by atoms with Crippen LogP contribution in [0.4, 0.5) is 0 Å². The summed E-state index contributed by atoms with van der Waals surface area (Å²) in [5.74, 6) is 0. The molecule has 1 aromatic rings. The van der Waals surface area contributed by atoms with E-state index in [2.05, 4.69) is 36.8 Å². The Morgan fingerprint density at radius 3 is 3.00 bits per heavy atom. The summed E-state index contributed by atoms with van der Waals surface area (Å²) in [6.45, 7) is 2.16. The molecule has 1 heteroatoms. The lowest BCUT2D eigenvalue weighted by Crippen LogP contribution is -2.00. The van der Waals surface area contributed by atoms with E-state index in [1.54, 1.807) is 0 Å². The SMILES string of the molecule is Cc1cc2c(n1C)CCC=C2. The number of hydrogen-bond acceptors (Lipinski definition) is 0. The number of fused-ring (bicyclic) bond motifs is 1. The Morgan fingerprint density at radius 1 is 1.45 bits per heavy atom. The Morgan fingerprint density at radius 2 is 2.27 bits per heavy atom. The highest BCUT2D eigenvalue weighted by Crippen LogP contribution is 2.21. The monoisotopic (exact) mass is 147 g/mol. The van der Waals surface area contributed by atoms with Crippen molar-refractivity contribution in [3.63, 3.8) is 0 Å². The predicted molar refractivity (Wildman–Crippen MR) is 47.5 cm³/mol. The third-order valence-electron chi connectivity index (χ3n) is 2.48. The molecule has 1 nitrogen and oxygen atoms in total. The molecule has 0 aliphatic heterocycles. The first-order valence-electron chi connectivity index (χ1n) is 4.11. The number of aryl methyl sites for hydroxylation is 1. The molecule has 1 heterocycles. The first-order chi connectivity index (χ1) is 5.29. The third-order valence-corrected chi connectivity index (χ3v) is 2.48. The molecule has 0 bridgehead atoms. The van der Waals surface area contributed by atoms with Crippen LogP contribution in [0.25, 0.3) is 6.08 Å².